The molecule has 0 fully saturated rings. The monoisotopic (exact) mass is 738 g/mol. The summed E-state index contributed by atoms with van der Waals surface area (Å²) in [5, 5.41) is 8.29. The minimum Gasteiger partial charge on any atom is -0.309 e. The quantitative estimate of drug-likeness (QED) is 0.165. The van der Waals surface area contributed by atoms with Crippen LogP contribution in [0.15, 0.2) is 206 Å². The number of hydrogen-bond donors (Lipinski definition) is 0. The summed E-state index contributed by atoms with van der Waals surface area (Å²) in [6.07, 6.45) is 0. The van der Waals surface area contributed by atoms with Crippen molar-refractivity contribution in [1.82, 2.24) is 19.1 Å². The largest absolute Gasteiger partial charge is 0.309 e. The van der Waals surface area contributed by atoms with Crippen molar-refractivity contribution in [2.75, 3.05) is 0 Å². The SMILES string of the molecule is c1ccc(-c2nc(-c3ccc(-n4c5ccccc5c5c(-c6ccc7c(c6)c6ccccc6n7-c6ccccc6)cccc54)cc3)nc3c2ccc2ccccc23)cc1. The summed E-state index contributed by atoms with van der Waals surface area (Å²) in [4.78, 5) is 10.5. The van der Waals surface area contributed by atoms with Gasteiger partial charge >= 0.3 is 0 Å². The molecule has 0 bridgehead atoms. The fourth-order valence-corrected chi connectivity index (χ4v) is 9.10. The van der Waals surface area contributed by atoms with Crippen LogP contribution in [0.1, 0.15) is 0 Å². The van der Waals surface area contributed by atoms with Crippen LogP contribution >= 0.6 is 0 Å². The number of nitrogens with zero attached hydrogens (tertiary/aromatic N) is 4. The van der Waals surface area contributed by atoms with Crippen LogP contribution in [0.2, 0.25) is 0 Å². The van der Waals surface area contributed by atoms with Crippen molar-refractivity contribution < 1.29 is 0 Å². The zero-order chi connectivity index (χ0) is 38.2. The van der Waals surface area contributed by atoms with Crippen LogP contribution in [0.4, 0.5) is 0 Å². The number of para-hydroxylation sites is 3. The summed E-state index contributed by atoms with van der Waals surface area (Å²) in [6, 6.07) is 73.8. The summed E-state index contributed by atoms with van der Waals surface area (Å²) in [7, 11) is 0. The lowest BCUT2D eigenvalue weighted by Gasteiger charge is -2.13. The van der Waals surface area contributed by atoms with E-state index in [4.69, 9.17) is 9.97 Å². The molecule has 3 aromatic heterocycles. The average molecular weight is 739 g/mol. The summed E-state index contributed by atoms with van der Waals surface area (Å²) in [6.45, 7) is 0. The predicted molar refractivity (Wildman–Crippen MR) is 242 cm³/mol. The number of aromatic nitrogens is 4. The van der Waals surface area contributed by atoms with Crippen molar-refractivity contribution in [3.05, 3.63) is 206 Å². The van der Waals surface area contributed by atoms with Gasteiger partial charge in [-0.3, -0.25) is 0 Å². The molecule has 0 saturated carbocycles. The molecule has 0 spiro atoms. The first-order chi connectivity index (χ1) is 28.8. The minimum atomic E-state index is 0.711. The van der Waals surface area contributed by atoms with E-state index in [0.29, 0.717) is 5.82 Å². The van der Waals surface area contributed by atoms with Gasteiger partial charge in [-0.1, -0.05) is 133 Å². The van der Waals surface area contributed by atoms with E-state index in [-0.39, 0.29) is 0 Å². The Balaban J connectivity index is 1.01. The number of benzene rings is 9. The van der Waals surface area contributed by atoms with Crippen molar-refractivity contribution in [3.8, 4) is 45.1 Å². The van der Waals surface area contributed by atoms with Gasteiger partial charge < -0.3 is 9.13 Å². The van der Waals surface area contributed by atoms with Gasteiger partial charge in [0.1, 0.15) is 0 Å². The highest BCUT2D eigenvalue weighted by Crippen LogP contribution is 2.41. The van der Waals surface area contributed by atoms with Crippen LogP contribution in [-0.2, 0) is 0 Å². The van der Waals surface area contributed by atoms with Crippen LogP contribution in [0.25, 0.3) is 110 Å². The molecule has 0 radical (unpaired) electrons. The molecule has 4 heteroatoms. The molecule has 0 aliphatic carbocycles. The molecule has 3 heterocycles. The Bertz CT molecular complexity index is 3540. The first-order valence-electron chi connectivity index (χ1n) is 19.8. The lowest BCUT2D eigenvalue weighted by Crippen LogP contribution is -1.97. The van der Waals surface area contributed by atoms with Crippen LogP contribution in [-0.4, -0.2) is 19.1 Å². The summed E-state index contributed by atoms with van der Waals surface area (Å²) in [5.74, 6) is 0.711. The van der Waals surface area contributed by atoms with Crippen LogP contribution in [0.3, 0.4) is 0 Å². The fourth-order valence-electron chi connectivity index (χ4n) is 9.10. The predicted octanol–water partition coefficient (Wildman–Crippen LogP) is 14.0. The second-order valence-electron chi connectivity index (χ2n) is 15.0. The van der Waals surface area contributed by atoms with Crippen molar-refractivity contribution in [3.63, 3.8) is 0 Å². The molecular formula is C54H34N4. The van der Waals surface area contributed by atoms with Gasteiger partial charge in [-0.05, 0) is 89.3 Å². The van der Waals surface area contributed by atoms with E-state index < -0.39 is 0 Å². The van der Waals surface area contributed by atoms with Crippen LogP contribution in [0.5, 0.6) is 0 Å². The highest BCUT2D eigenvalue weighted by molar-refractivity contribution is 6.17. The zero-order valence-corrected chi connectivity index (χ0v) is 31.4. The third-order valence-electron chi connectivity index (χ3n) is 11.7. The van der Waals surface area contributed by atoms with E-state index in [2.05, 4.69) is 209 Å². The molecule has 12 rings (SSSR count). The molecule has 0 N–H and O–H groups in total. The average Bonchev–Trinajstić information content (AvgIpc) is 3.82. The first kappa shape index (κ1) is 32.4. The maximum Gasteiger partial charge on any atom is 0.160 e. The second kappa shape index (κ2) is 12.9. The van der Waals surface area contributed by atoms with E-state index in [9.17, 15) is 0 Å². The molecule has 270 valence electrons. The Morgan fingerprint density at radius 1 is 0.328 bits per heavy atom. The molecule has 58 heavy (non-hydrogen) atoms. The Morgan fingerprint density at radius 3 is 1.74 bits per heavy atom. The smallest absolute Gasteiger partial charge is 0.160 e. The van der Waals surface area contributed by atoms with Crippen LogP contribution in [0, 0.1) is 0 Å². The summed E-state index contributed by atoms with van der Waals surface area (Å²) < 4.78 is 4.76. The van der Waals surface area contributed by atoms with E-state index in [1.165, 1.54) is 54.6 Å². The van der Waals surface area contributed by atoms with Gasteiger partial charge in [-0.15, -0.1) is 0 Å². The standard InChI is InChI=1S/C54H34N4/c1-3-15-36(16-4-1)52-45-32-28-35-14-7-8-19-42(35)53(45)56-54(55-52)37-26-30-40(31-27-37)58-48-24-12-10-21-44(48)51-41(22-13-25-50(51)58)38-29-33-49-46(34-38)43-20-9-11-23-47(43)57(49)39-17-5-2-6-18-39/h1-34H. The van der Waals surface area contributed by atoms with Crippen LogP contribution < -0.4 is 0 Å². The van der Waals surface area contributed by atoms with E-state index in [1.54, 1.807) is 0 Å². The van der Waals surface area contributed by atoms with E-state index in [1.807, 2.05) is 6.07 Å². The highest BCUT2D eigenvalue weighted by atomic mass is 15.0. The molecule has 0 atom stereocenters. The molecule has 0 aliphatic heterocycles. The molecule has 4 nitrogen and oxygen atoms in total. The second-order valence-corrected chi connectivity index (χ2v) is 15.0. The lowest BCUT2D eigenvalue weighted by atomic mass is 9.98. The normalized spacial score (nSPS) is 11.8. The van der Waals surface area contributed by atoms with Gasteiger partial charge in [0.15, 0.2) is 5.82 Å². The third kappa shape index (κ3) is 4.95. The first-order valence-corrected chi connectivity index (χ1v) is 19.8. The fraction of sp³-hybridized carbons (Fsp3) is 0. The summed E-state index contributed by atoms with van der Waals surface area (Å²) in [5.41, 5.74) is 13.3. The maximum absolute atomic E-state index is 5.24. The Labute approximate surface area is 334 Å². The lowest BCUT2D eigenvalue weighted by molar-refractivity contribution is 1.17. The van der Waals surface area contributed by atoms with Gasteiger partial charge in [-0.25, -0.2) is 9.97 Å². The third-order valence-corrected chi connectivity index (χ3v) is 11.7. The van der Waals surface area contributed by atoms with Gasteiger partial charge in [-0.2, -0.15) is 0 Å². The van der Waals surface area contributed by atoms with Gasteiger partial charge in [0.05, 0.1) is 33.3 Å². The van der Waals surface area contributed by atoms with Gasteiger partial charge in [0, 0.05) is 54.8 Å². The Kier molecular flexibility index (Phi) is 7.20. The molecular weight excluding hydrogens is 705 g/mol. The van der Waals surface area contributed by atoms with E-state index >= 15 is 0 Å². The molecule has 12 aromatic rings. The van der Waals surface area contributed by atoms with Gasteiger partial charge in [0.2, 0.25) is 0 Å². The van der Waals surface area contributed by atoms with Gasteiger partial charge in [0.25, 0.3) is 0 Å². The molecule has 0 unspecified atom stereocenters. The Morgan fingerprint density at radius 2 is 0.931 bits per heavy atom. The molecule has 9 aromatic carbocycles. The molecule has 0 aliphatic rings. The Hall–Kier alpha value is -7.82. The van der Waals surface area contributed by atoms with Crippen molar-refractivity contribution in [2.45, 2.75) is 0 Å². The zero-order valence-electron chi connectivity index (χ0n) is 31.4. The van der Waals surface area contributed by atoms with Crippen molar-refractivity contribution in [2.24, 2.45) is 0 Å². The van der Waals surface area contributed by atoms with E-state index in [0.717, 1.165) is 50.0 Å². The number of hydrogen-bond acceptors (Lipinski definition) is 2. The van der Waals surface area contributed by atoms with Crippen molar-refractivity contribution >= 4 is 65.3 Å². The topological polar surface area (TPSA) is 35.6 Å². The molecule has 0 saturated heterocycles. The summed E-state index contributed by atoms with van der Waals surface area (Å²) >= 11 is 0. The minimum absolute atomic E-state index is 0.711. The highest BCUT2D eigenvalue weighted by Gasteiger charge is 2.19. The molecule has 0 amide bonds. The number of fused-ring (bicyclic) bond motifs is 9. The number of rotatable bonds is 5. The maximum atomic E-state index is 5.24. The van der Waals surface area contributed by atoms with Crippen molar-refractivity contribution in [1.29, 1.82) is 0 Å².